The van der Waals surface area contributed by atoms with E-state index in [4.69, 9.17) is 10.8 Å². The summed E-state index contributed by atoms with van der Waals surface area (Å²) in [5, 5.41) is 8.68. The molecule has 1 heterocycles. The molecule has 3 N–H and O–H groups in total. The van der Waals surface area contributed by atoms with E-state index in [1.807, 2.05) is 0 Å². The first-order chi connectivity index (χ1) is 8.36. The first kappa shape index (κ1) is 15.4. The van der Waals surface area contributed by atoms with Crippen LogP contribution >= 0.6 is 0 Å². The fourth-order valence-corrected chi connectivity index (χ4v) is 2.74. The standard InChI is InChI=1S/C10H21N3O4S/c1-18(16,17)13-6-4-12(5-7-13)10(15)9(11)3-2-8-14/h9,14H,2-8,11H2,1H3/t9-/m0/s1. The van der Waals surface area contributed by atoms with Crippen LogP contribution in [0.3, 0.4) is 0 Å². The number of amides is 1. The lowest BCUT2D eigenvalue weighted by Gasteiger charge is -2.34. The van der Waals surface area contributed by atoms with E-state index < -0.39 is 16.1 Å². The molecule has 0 radical (unpaired) electrons. The summed E-state index contributed by atoms with van der Waals surface area (Å²) >= 11 is 0. The van der Waals surface area contributed by atoms with Gasteiger partial charge in [-0.2, -0.15) is 4.31 Å². The van der Waals surface area contributed by atoms with Crippen molar-refractivity contribution >= 4 is 15.9 Å². The molecule has 106 valence electrons. The quantitative estimate of drug-likeness (QED) is 0.617. The predicted molar refractivity (Wildman–Crippen MR) is 67.3 cm³/mol. The van der Waals surface area contributed by atoms with Gasteiger partial charge in [0.15, 0.2) is 0 Å². The Balaban J connectivity index is 2.45. The van der Waals surface area contributed by atoms with E-state index in [1.165, 1.54) is 4.31 Å². The zero-order chi connectivity index (χ0) is 13.8. The lowest BCUT2D eigenvalue weighted by Crippen LogP contribution is -2.54. The van der Waals surface area contributed by atoms with Gasteiger partial charge in [-0.05, 0) is 12.8 Å². The summed E-state index contributed by atoms with van der Waals surface area (Å²) in [6, 6.07) is -0.609. The van der Waals surface area contributed by atoms with Crippen LogP contribution < -0.4 is 5.73 Å². The number of carbonyl (C=O) groups excluding carboxylic acids is 1. The van der Waals surface area contributed by atoms with Crippen LogP contribution in [0.5, 0.6) is 0 Å². The van der Waals surface area contributed by atoms with Gasteiger partial charge in [0, 0.05) is 32.8 Å². The Morgan fingerprint density at radius 2 is 1.89 bits per heavy atom. The lowest BCUT2D eigenvalue weighted by molar-refractivity contribution is -0.134. The van der Waals surface area contributed by atoms with Gasteiger partial charge in [0.2, 0.25) is 15.9 Å². The molecule has 1 fully saturated rings. The molecule has 0 unspecified atom stereocenters. The van der Waals surface area contributed by atoms with Gasteiger partial charge in [-0.25, -0.2) is 8.42 Å². The number of carbonyl (C=O) groups is 1. The third-order valence-electron chi connectivity index (χ3n) is 3.01. The number of hydrogen-bond donors (Lipinski definition) is 2. The van der Waals surface area contributed by atoms with Crippen LogP contribution in [0.25, 0.3) is 0 Å². The lowest BCUT2D eigenvalue weighted by atomic mass is 10.1. The molecule has 1 atom stereocenters. The van der Waals surface area contributed by atoms with Crippen LogP contribution in [0, 0.1) is 0 Å². The van der Waals surface area contributed by atoms with Crippen molar-refractivity contribution < 1.29 is 18.3 Å². The van der Waals surface area contributed by atoms with Crippen molar-refractivity contribution in [1.82, 2.24) is 9.21 Å². The fourth-order valence-electron chi connectivity index (χ4n) is 1.91. The van der Waals surface area contributed by atoms with Crippen LogP contribution in [0.15, 0.2) is 0 Å². The van der Waals surface area contributed by atoms with E-state index in [0.717, 1.165) is 6.26 Å². The molecule has 1 aliphatic rings. The molecule has 1 amide bonds. The third kappa shape index (κ3) is 4.20. The molecular formula is C10H21N3O4S. The van der Waals surface area contributed by atoms with E-state index >= 15 is 0 Å². The zero-order valence-electron chi connectivity index (χ0n) is 10.6. The molecule has 0 aromatic heterocycles. The molecule has 0 spiro atoms. The second kappa shape index (κ2) is 6.46. The Morgan fingerprint density at radius 3 is 2.33 bits per heavy atom. The number of hydrogen-bond acceptors (Lipinski definition) is 5. The minimum atomic E-state index is -3.18. The normalized spacial score (nSPS) is 19.8. The summed E-state index contributed by atoms with van der Waals surface area (Å²) in [5.41, 5.74) is 5.72. The van der Waals surface area contributed by atoms with Gasteiger partial charge in [0.25, 0.3) is 0 Å². The Bertz CT molecular complexity index is 377. The van der Waals surface area contributed by atoms with Crippen LogP contribution in [-0.2, 0) is 14.8 Å². The highest BCUT2D eigenvalue weighted by Crippen LogP contribution is 2.08. The van der Waals surface area contributed by atoms with E-state index in [1.54, 1.807) is 4.90 Å². The smallest absolute Gasteiger partial charge is 0.239 e. The molecule has 0 aromatic carbocycles. The highest BCUT2D eigenvalue weighted by atomic mass is 32.2. The third-order valence-corrected chi connectivity index (χ3v) is 4.31. The first-order valence-electron chi connectivity index (χ1n) is 5.96. The minimum Gasteiger partial charge on any atom is -0.396 e. The van der Waals surface area contributed by atoms with E-state index in [9.17, 15) is 13.2 Å². The molecule has 0 aliphatic carbocycles. The Morgan fingerprint density at radius 1 is 1.33 bits per heavy atom. The van der Waals surface area contributed by atoms with E-state index in [2.05, 4.69) is 0 Å². The maximum Gasteiger partial charge on any atom is 0.239 e. The van der Waals surface area contributed by atoms with Crippen LogP contribution in [0.1, 0.15) is 12.8 Å². The van der Waals surface area contributed by atoms with E-state index in [0.29, 0.717) is 39.0 Å². The van der Waals surface area contributed by atoms with Crippen molar-refractivity contribution in [3.63, 3.8) is 0 Å². The second-order valence-electron chi connectivity index (χ2n) is 4.46. The first-order valence-corrected chi connectivity index (χ1v) is 7.81. The molecule has 0 saturated carbocycles. The topological polar surface area (TPSA) is 104 Å². The molecule has 7 nitrogen and oxygen atoms in total. The Kier molecular flexibility index (Phi) is 5.51. The Labute approximate surface area is 108 Å². The zero-order valence-corrected chi connectivity index (χ0v) is 11.4. The molecule has 18 heavy (non-hydrogen) atoms. The van der Waals surface area contributed by atoms with Gasteiger partial charge in [0.1, 0.15) is 0 Å². The van der Waals surface area contributed by atoms with Crippen molar-refractivity contribution in [1.29, 1.82) is 0 Å². The van der Waals surface area contributed by atoms with Crippen molar-refractivity contribution in [2.45, 2.75) is 18.9 Å². The molecule has 0 bridgehead atoms. The summed E-state index contributed by atoms with van der Waals surface area (Å²) in [4.78, 5) is 13.5. The van der Waals surface area contributed by atoms with Crippen molar-refractivity contribution in [3.05, 3.63) is 0 Å². The summed E-state index contributed by atoms with van der Waals surface area (Å²) in [6.07, 6.45) is 2.11. The number of nitrogens with zero attached hydrogens (tertiary/aromatic N) is 2. The van der Waals surface area contributed by atoms with Crippen LogP contribution in [-0.4, -0.2) is 73.7 Å². The summed E-state index contributed by atoms with van der Waals surface area (Å²) in [7, 11) is -3.18. The monoisotopic (exact) mass is 279 g/mol. The van der Waals surface area contributed by atoms with Gasteiger partial charge < -0.3 is 15.7 Å². The van der Waals surface area contributed by atoms with Crippen LogP contribution in [0.4, 0.5) is 0 Å². The highest BCUT2D eigenvalue weighted by Gasteiger charge is 2.28. The highest BCUT2D eigenvalue weighted by molar-refractivity contribution is 7.88. The molecule has 0 aromatic rings. The van der Waals surface area contributed by atoms with Crippen LogP contribution in [0.2, 0.25) is 0 Å². The van der Waals surface area contributed by atoms with Crippen molar-refractivity contribution in [2.75, 3.05) is 39.0 Å². The average Bonchev–Trinajstić information content (AvgIpc) is 2.34. The van der Waals surface area contributed by atoms with Gasteiger partial charge in [-0.3, -0.25) is 4.79 Å². The number of sulfonamides is 1. The SMILES string of the molecule is CS(=O)(=O)N1CCN(C(=O)[C@@H](N)CCCO)CC1. The number of aliphatic hydroxyl groups excluding tert-OH is 1. The maximum atomic E-state index is 11.9. The van der Waals surface area contributed by atoms with E-state index in [-0.39, 0.29) is 12.5 Å². The number of aliphatic hydroxyl groups is 1. The summed E-state index contributed by atoms with van der Waals surface area (Å²) < 4.78 is 24.0. The number of piperazine rings is 1. The van der Waals surface area contributed by atoms with Gasteiger partial charge in [-0.15, -0.1) is 0 Å². The van der Waals surface area contributed by atoms with Gasteiger partial charge in [0.05, 0.1) is 12.3 Å². The number of rotatable bonds is 5. The van der Waals surface area contributed by atoms with Crippen molar-refractivity contribution in [2.24, 2.45) is 5.73 Å². The molecule has 1 aliphatic heterocycles. The molecule has 1 saturated heterocycles. The largest absolute Gasteiger partial charge is 0.396 e. The van der Waals surface area contributed by atoms with Gasteiger partial charge in [-0.1, -0.05) is 0 Å². The molecule has 8 heteroatoms. The second-order valence-corrected chi connectivity index (χ2v) is 6.44. The summed E-state index contributed by atoms with van der Waals surface area (Å²) in [5.74, 6) is -0.170. The fraction of sp³-hybridized carbons (Fsp3) is 0.900. The minimum absolute atomic E-state index is 0.0167. The number of nitrogens with two attached hydrogens (primary N) is 1. The average molecular weight is 279 g/mol. The molecular weight excluding hydrogens is 258 g/mol. The molecule has 1 rings (SSSR count). The predicted octanol–water partition coefficient (Wildman–Crippen LogP) is -1.81. The Hall–Kier alpha value is -0.700. The van der Waals surface area contributed by atoms with Crippen molar-refractivity contribution in [3.8, 4) is 0 Å². The summed E-state index contributed by atoms with van der Waals surface area (Å²) in [6.45, 7) is 1.40. The van der Waals surface area contributed by atoms with Gasteiger partial charge >= 0.3 is 0 Å². The maximum absolute atomic E-state index is 11.9.